The standard InChI is InChI=1S/C17H21N3O3/c1-12-9-16(19-23-12)18-17(21)11-20-8-4-7-15(20)13-5-3-6-14(10-13)22-2/h3,5-6,9-10,15H,4,7-8,11H2,1-2H3,(H,18,19,21)/t15-/m1/s1. The Hall–Kier alpha value is -2.34. The number of ether oxygens (including phenoxy) is 1. The predicted molar refractivity (Wildman–Crippen MR) is 86.4 cm³/mol. The molecule has 2 heterocycles. The maximum absolute atomic E-state index is 12.2. The molecule has 6 heteroatoms. The number of amides is 1. The fraction of sp³-hybridized carbons (Fsp3) is 0.412. The van der Waals surface area contributed by atoms with Gasteiger partial charge in [0, 0.05) is 12.1 Å². The van der Waals surface area contributed by atoms with Crippen LogP contribution in [-0.2, 0) is 4.79 Å². The van der Waals surface area contributed by atoms with Crippen LogP contribution in [0.4, 0.5) is 5.82 Å². The van der Waals surface area contributed by atoms with E-state index in [2.05, 4.69) is 21.4 Å². The summed E-state index contributed by atoms with van der Waals surface area (Å²) in [7, 11) is 1.67. The number of benzene rings is 1. The lowest BCUT2D eigenvalue weighted by molar-refractivity contribution is -0.117. The zero-order valence-electron chi connectivity index (χ0n) is 13.4. The molecule has 1 fully saturated rings. The van der Waals surface area contributed by atoms with E-state index < -0.39 is 0 Å². The van der Waals surface area contributed by atoms with Gasteiger partial charge in [0.25, 0.3) is 0 Å². The van der Waals surface area contributed by atoms with Gasteiger partial charge in [-0.25, -0.2) is 0 Å². The number of aryl methyl sites for hydroxylation is 1. The molecule has 2 aromatic rings. The highest BCUT2D eigenvalue weighted by molar-refractivity contribution is 5.91. The van der Waals surface area contributed by atoms with Gasteiger partial charge < -0.3 is 14.6 Å². The number of hydrogen-bond acceptors (Lipinski definition) is 5. The van der Waals surface area contributed by atoms with Crippen LogP contribution in [0.5, 0.6) is 5.75 Å². The summed E-state index contributed by atoms with van der Waals surface area (Å²) in [5, 5.41) is 6.56. The third-order valence-corrected chi connectivity index (χ3v) is 4.08. The molecule has 6 nitrogen and oxygen atoms in total. The molecule has 1 aliphatic rings. The fourth-order valence-electron chi connectivity index (χ4n) is 3.03. The normalized spacial score (nSPS) is 18.1. The molecule has 0 aliphatic carbocycles. The molecule has 1 amide bonds. The molecular formula is C17H21N3O3. The topological polar surface area (TPSA) is 67.6 Å². The largest absolute Gasteiger partial charge is 0.497 e. The minimum atomic E-state index is -0.0758. The van der Waals surface area contributed by atoms with Crippen molar-refractivity contribution in [3.8, 4) is 5.75 Å². The van der Waals surface area contributed by atoms with Crippen LogP contribution in [0.1, 0.15) is 30.2 Å². The van der Waals surface area contributed by atoms with Gasteiger partial charge in [0.15, 0.2) is 5.82 Å². The molecule has 1 N–H and O–H groups in total. The van der Waals surface area contributed by atoms with E-state index in [1.165, 1.54) is 5.56 Å². The first-order chi connectivity index (χ1) is 11.2. The van der Waals surface area contributed by atoms with Gasteiger partial charge in [-0.05, 0) is 44.0 Å². The Labute approximate surface area is 135 Å². The van der Waals surface area contributed by atoms with Crippen LogP contribution < -0.4 is 10.1 Å². The Balaban J connectivity index is 1.65. The molecule has 1 atom stereocenters. The van der Waals surface area contributed by atoms with Crippen molar-refractivity contribution in [3.05, 3.63) is 41.7 Å². The van der Waals surface area contributed by atoms with Crippen LogP contribution in [0, 0.1) is 6.92 Å². The van der Waals surface area contributed by atoms with Gasteiger partial charge in [-0.2, -0.15) is 0 Å². The summed E-state index contributed by atoms with van der Waals surface area (Å²) in [5.41, 5.74) is 1.19. The number of carbonyl (C=O) groups excluding carboxylic acids is 1. The highest BCUT2D eigenvalue weighted by Crippen LogP contribution is 2.33. The van der Waals surface area contributed by atoms with Crippen molar-refractivity contribution in [3.63, 3.8) is 0 Å². The molecule has 1 aliphatic heterocycles. The maximum Gasteiger partial charge on any atom is 0.239 e. The summed E-state index contributed by atoms with van der Waals surface area (Å²) >= 11 is 0. The van der Waals surface area contributed by atoms with Crippen molar-refractivity contribution in [1.82, 2.24) is 10.1 Å². The second kappa shape index (κ2) is 6.83. The van der Waals surface area contributed by atoms with Gasteiger partial charge >= 0.3 is 0 Å². The smallest absolute Gasteiger partial charge is 0.239 e. The van der Waals surface area contributed by atoms with E-state index in [1.807, 2.05) is 18.2 Å². The van der Waals surface area contributed by atoms with Crippen molar-refractivity contribution < 1.29 is 14.1 Å². The number of nitrogens with zero attached hydrogens (tertiary/aromatic N) is 2. The monoisotopic (exact) mass is 315 g/mol. The van der Waals surface area contributed by atoms with E-state index in [9.17, 15) is 4.79 Å². The lowest BCUT2D eigenvalue weighted by Gasteiger charge is -2.24. The summed E-state index contributed by atoms with van der Waals surface area (Å²) in [4.78, 5) is 14.4. The second-order valence-corrected chi connectivity index (χ2v) is 5.78. The molecule has 122 valence electrons. The molecule has 23 heavy (non-hydrogen) atoms. The van der Waals surface area contributed by atoms with Gasteiger partial charge in [-0.15, -0.1) is 0 Å². The fourth-order valence-corrected chi connectivity index (χ4v) is 3.03. The summed E-state index contributed by atoms with van der Waals surface area (Å²) in [5.74, 6) is 1.91. The summed E-state index contributed by atoms with van der Waals surface area (Å²) in [6.45, 7) is 3.04. The lowest BCUT2D eigenvalue weighted by Crippen LogP contribution is -2.33. The average molecular weight is 315 g/mol. The number of nitrogens with one attached hydrogen (secondary N) is 1. The number of rotatable bonds is 5. The van der Waals surface area contributed by atoms with E-state index >= 15 is 0 Å². The highest BCUT2D eigenvalue weighted by atomic mass is 16.5. The van der Waals surface area contributed by atoms with Crippen molar-refractivity contribution in [1.29, 1.82) is 0 Å². The number of likely N-dealkylation sites (tertiary alicyclic amines) is 1. The summed E-state index contributed by atoms with van der Waals surface area (Å²) in [6.07, 6.45) is 2.13. The van der Waals surface area contributed by atoms with Gasteiger partial charge in [0.05, 0.1) is 13.7 Å². The molecule has 0 spiro atoms. The Morgan fingerprint density at radius 3 is 3.09 bits per heavy atom. The van der Waals surface area contributed by atoms with Crippen molar-refractivity contribution in [2.45, 2.75) is 25.8 Å². The summed E-state index contributed by atoms with van der Waals surface area (Å²) < 4.78 is 10.3. The van der Waals surface area contributed by atoms with Crippen molar-refractivity contribution in [2.24, 2.45) is 0 Å². The second-order valence-electron chi connectivity index (χ2n) is 5.78. The first kappa shape index (κ1) is 15.6. The van der Waals surface area contributed by atoms with Crippen LogP contribution in [0.15, 0.2) is 34.9 Å². The van der Waals surface area contributed by atoms with E-state index in [0.717, 1.165) is 25.1 Å². The zero-order valence-corrected chi connectivity index (χ0v) is 13.4. The van der Waals surface area contributed by atoms with E-state index in [0.29, 0.717) is 18.1 Å². The Morgan fingerprint density at radius 2 is 2.35 bits per heavy atom. The lowest BCUT2D eigenvalue weighted by atomic mass is 10.0. The zero-order chi connectivity index (χ0) is 16.2. The third kappa shape index (κ3) is 3.71. The number of carbonyl (C=O) groups is 1. The minimum absolute atomic E-state index is 0.0758. The van der Waals surface area contributed by atoms with Crippen LogP contribution in [-0.4, -0.2) is 36.2 Å². The minimum Gasteiger partial charge on any atom is -0.497 e. The Bertz CT molecular complexity index is 683. The quantitative estimate of drug-likeness (QED) is 0.919. The highest BCUT2D eigenvalue weighted by Gasteiger charge is 2.28. The molecular weight excluding hydrogens is 294 g/mol. The van der Waals surface area contributed by atoms with Gasteiger partial charge in [-0.3, -0.25) is 9.69 Å². The molecule has 1 aromatic carbocycles. The maximum atomic E-state index is 12.2. The Morgan fingerprint density at radius 1 is 1.48 bits per heavy atom. The summed E-state index contributed by atoms with van der Waals surface area (Å²) in [6, 6.07) is 10.0. The van der Waals surface area contributed by atoms with E-state index in [1.54, 1.807) is 20.1 Å². The number of aromatic nitrogens is 1. The Kier molecular flexibility index (Phi) is 4.62. The third-order valence-electron chi connectivity index (χ3n) is 4.08. The predicted octanol–water partition coefficient (Wildman–Crippen LogP) is 2.77. The number of methoxy groups -OCH3 is 1. The molecule has 0 saturated carbocycles. The van der Waals surface area contributed by atoms with Crippen LogP contribution >= 0.6 is 0 Å². The molecule has 0 bridgehead atoms. The molecule has 0 radical (unpaired) electrons. The SMILES string of the molecule is COc1cccc([C@H]2CCCN2CC(=O)Nc2cc(C)on2)c1. The van der Waals surface area contributed by atoms with E-state index in [-0.39, 0.29) is 11.9 Å². The average Bonchev–Trinajstić information content (AvgIpc) is 3.16. The van der Waals surface area contributed by atoms with Gasteiger partial charge in [-0.1, -0.05) is 17.3 Å². The first-order valence-corrected chi connectivity index (χ1v) is 7.77. The number of hydrogen-bond donors (Lipinski definition) is 1. The van der Waals surface area contributed by atoms with Crippen LogP contribution in [0.2, 0.25) is 0 Å². The van der Waals surface area contributed by atoms with Crippen LogP contribution in [0.3, 0.4) is 0 Å². The van der Waals surface area contributed by atoms with Crippen molar-refractivity contribution >= 4 is 11.7 Å². The van der Waals surface area contributed by atoms with Crippen molar-refractivity contribution in [2.75, 3.05) is 25.5 Å². The molecule has 1 saturated heterocycles. The van der Waals surface area contributed by atoms with E-state index in [4.69, 9.17) is 9.26 Å². The molecule has 3 rings (SSSR count). The molecule has 0 unspecified atom stereocenters. The number of anilines is 1. The first-order valence-electron chi connectivity index (χ1n) is 7.77. The van der Waals surface area contributed by atoms with Gasteiger partial charge in [0.1, 0.15) is 11.5 Å². The van der Waals surface area contributed by atoms with Crippen LogP contribution in [0.25, 0.3) is 0 Å². The molecule has 1 aromatic heterocycles. The van der Waals surface area contributed by atoms with Gasteiger partial charge in [0.2, 0.25) is 5.91 Å².